The molecule has 7 nitrogen and oxygen atoms in total. The topological polar surface area (TPSA) is 93.5 Å². The number of azide groups is 1. The lowest BCUT2D eigenvalue weighted by atomic mass is 9.76. The maximum atomic E-state index is 12.2. The molecule has 4 aliphatic rings. The van der Waals surface area contributed by atoms with Gasteiger partial charge in [0.25, 0.3) is 0 Å². The van der Waals surface area contributed by atoms with Crippen molar-refractivity contribution in [3.05, 3.63) is 22.6 Å². The summed E-state index contributed by atoms with van der Waals surface area (Å²) < 4.78 is 16.5. The van der Waals surface area contributed by atoms with Crippen LogP contribution in [0.1, 0.15) is 6.42 Å². The predicted octanol–water partition coefficient (Wildman–Crippen LogP) is 1.16. The summed E-state index contributed by atoms with van der Waals surface area (Å²) in [6.07, 6.45) is -0.811. The Balaban J connectivity index is 2.05. The number of rotatable bonds is 3. The minimum absolute atomic E-state index is 0.0103. The van der Waals surface area contributed by atoms with Gasteiger partial charge in [0.05, 0.1) is 12.5 Å². The Hall–Kier alpha value is -1.40. The largest absolute Gasteiger partial charge is 0.355 e. The van der Waals surface area contributed by atoms with Gasteiger partial charge in [0.2, 0.25) is 0 Å². The molecule has 3 heterocycles. The summed E-state index contributed by atoms with van der Waals surface area (Å²) in [7, 11) is 1.53. The molecule has 5 unspecified atom stereocenters. The second kappa shape index (κ2) is 3.80. The van der Waals surface area contributed by atoms with Crippen LogP contribution < -0.4 is 0 Å². The van der Waals surface area contributed by atoms with E-state index in [4.69, 9.17) is 19.7 Å². The molecule has 0 amide bonds. The fourth-order valence-electron chi connectivity index (χ4n) is 3.26. The second-order valence-electron chi connectivity index (χ2n) is 4.80. The zero-order chi connectivity index (χ0) is 12.9. The average molecular weight is 251 g/mol. The van der Waals surface area contributed by atoms with Crippen LogP contribution in [0.5, 0.6) is 0 Å². The smallest absolute Gasteiger partial charge is 0.184 e. The number of Topliss-reactive ketones (excluding diaryl/α,β-unsaturated/α-hetero) is 1. The first-order chi connectivity index (χ1) is 8.64. The number of carbonyl (C=O) groups is 1. The molecule has 18 heavy (non-hydrogen) atoms. The number of methoxy groups -OCH3 is 1. The fraction of sp³-hybridized carbons (Fsp3) is 0.727. The molecule has 1 aliphatic carbocycles. The molecular weight excluding hydrogens is 238 g/mol. The Kier molecular flexibility index (Phi) is 2.46. The van der Waals surface area contributed by atoms with Gasteiger partial charge in [-0.2, -0.15) is 0 Å². The summed E-state index contributed by atoms with van der Waals surface area (Å²) in [5.41, 5.74) is 8.14. The van der Waals surface area contributed by atoms with Crippen LogP contribution in [0, 0.1) is 11.8 Å². The van der Waals surface area contributed by atoms with Gasteiger partial charge in [-0.25, -0.2) is 0 Å². The number of fused-ring (bicyclic) bond motifs is 1. The maximum absolute atomic E-state index is 12.2. The highest BCUT2D eigenvalue weighted by molar-refractivity contribution is 5.92. The first-order valence-electron chi connectivity index (χ1n) is 5.73. The minimum atomic E-state index is -1.10. The Bertz CT molecular complexity index is 473. The zero-order valence-electron chi connectivity index (χ0n) is 9.91. The van der Waals surface area contributed by atoms with E-state index < -0.39 is 18.2 Å². The number of ether oxygens (including phenoxy) is 3. The van der Waals surface area contributed by atoms with Crippen LogP contribution in [0.4, 0.5) is 0 Å². The molecule has 4 fully saturated rings. The van der Waals surface area contributed by atoms with Crippen LogP contribution >= 0.6 is 0 Å². The second-order valence-corrected chi connectivity index (χ2v) is 4.80. The van der Waals surface area contributed by atoms with E-state index in [1.165, 1.54) is 7.11 Å². The third-order valence-corrected chi connectivity index (χ3v) is 4.10. The number of hydrogen-bond donors (Lipinski definition) is 0. The van der Waals surface area contributed by atoms with Crippen molar-refractivity contribution in [2.24, 2.45) is 17.0 Å². The normalized spacial score (nSPS) is 45.2. The summed E-state index contributed by atoms with van der Waals surface area (Å²) >= 11 is 0. The minimum Gasteiger partial charge on any atom is -0.355 e. The van der Waals surface area contributed by atoms with Crippen molar-refractivity contribution in [1.82, 2.24) is 0 Å². The molecule has 0 N–H and O–H groups in total. The van der Waals surface area contributed by atoms with Gasteiger partial charge in [0.1, 0.15) is 5.60 Å². The van der Waals surface area contributed by atoms with Crippen LogP contribution in [0.3, 0.4) is 0 Å². The van der Waals surface area contributed by atoms with Gasteiger partial charge < -0.3 is 14.2 Å². The van der Waals surface area contributed by atoms with E-state index in [0.717, 1.165) is 5.57 Å². The first-order valence-corrected chi connectivity index (χ1v) is 5.73. The maximum Gasteiger partial charge on any atom is 0.184 e. The highest BCUT2D eigenvalue weighted by atomic mass is 16.8. The molecule has 3 aliphatic heterocycles. The van der Waals surface area contributed by atoms with E-state index in [9.17, 15) is 4.79 Å². The molecule has 0 aromatic rings. The Morgan fingerprint density at radius 3 is 3.17 bits per heavy atom. The van der Waals surface area contributed by atoms with E-state index >= 15 is 0 Å². The van der Waals surface area contributed by atoms with Crippen LogP contribution in [0.15, 0.2) is 17.3 Å². The van der Waals surface area contributed by atoms with Crippen LogP contribution in [-0.2, 0) is 19.0 Å². The molecule has 4 bridgehead atoms. The Labute approximate surface area is 103 Å². The molecule has 5 atom stereocenters. The summed E-state index contributed by atoms with van der Waals surface area (Å²) in [4.78, 5) is 14.9. The number of ketones is 1. The third kappa shape index (κ3) is 1.24. The molecular formula is C11H13N3O4. The van der Waals surface area contributed by atoms with Crippen molar-refractivity contribution in [3.8, 4) is 0 Å². The van der Waals surface area contributed by atoms with Gasteiger partial charge in [0, 0.05) is 24.4 Å². The highest BCUT2D eigenvalue weighted by Gasteiger charge is 2.68. The number of carbonyl (C=O) groups excluding carboxylic acids is 1. The number of hydrogen-bond acceptors (Lipinski definition) is 5. The first kappa shape index (κ1) is 11.7. The van der Waals surface area contributed by atoms with Crippen molar-refractivity contribution in [1.29, 1.82) is 0 Å². The van der Waals surface area contributed by atoms with Crippen molar-refractivity contribution in [3.63, 3.8) is 0 Å². The average Bonchev–Trinajstić information content (AvgIpc) is 2.64. The molecule has 0 spiro atoms. The number of nitrogens with zero attached hydrogens (tertiary/aromatic N) is 3. The van der Waals surface area contributed by atoms with Crippen molar-refractivity contribution in [2.75, 3.05) is 13.7 Å². The highest BCUT2D eigenvalue weighted by Crippen LogP contribution is 2.56. The lowest BCUT2D eigenvalue weighted by Gasteiger charge is -2.52. The SMILES string of the molecule is C=C1C2OC(OC)C3C1CC(=O)C3(CN=[N+]=[N-])O2. The van der Waals surface area contributed by atoms with Gasteiger partial charge >= 0.3 is 0 Å². The standard InChI is InChI=1S/C11H13N3O4/c1-5-6-3-7(15)11(4-13-14-12)8(6)10(16-2)17-9(5)18-11/h6,8-10H,1,3-4H2,2H3. The molecule has 0 radical (unpaired) electrons. The van der Waals surface area contributed by atoms with E-state index in [2.05, 4.69) is 16.6 Å². The lowest BCUT2D eigenvalue weighted by Crippen LogP contribution is -2.63. The van der Waals surface area contributed by atoms with Gasteiger partial charge in [-0.15, -0.1) is 0 Å². The van der Waals surface area contributed by atoms with Crippen LogP contribution in [0.2, 0.25) is 0 Å². The predicted molar refractivity (Wildman–Crippen MR) is 59.2 cm³/mol. The molecule has 4 rings (SSSR count). The summed E-state index contributed by atoms with van der Waals surface area (Å²) in [6.45, 7) is 3.91. The molecule has 3 saturated heterocycles. The van der Waals surface area contributed by atoms with Gasteiger partial charge in [0.15, 0.2) is 18.4 Å². The summed E-state index contributed by atoms with van der Waals surface area (Å²) in [5.74, 6) is -0.347. The van der Waals surface area contributed by atoms with E-state index in [1.54, 1.807) is 0 Å². The van der Waals surface area contributed by atoms with Crippen molar-refractivity contribution < 1.29 is 19.0 Å². The Morgan fingerprint density at radius 2 is 2.50 bits per heavy atom. The van der Waals surface area contributed by atoms with Gasteiger partial charge in [-0.3, -0.25) is 4.79 Å². The monoisotopic (exact) mass is 251 g/mol. The van der Waals surface area contributed by atoms with Crippen LogP contribution in [0.25, 0.3) is 10.4 Å². The van der Waals surface area contributed by atoms with E-state index in [-0.39, 0.29) is 24.2 Å². The summed E-state index contributed by atoms with van der Waals surface area (Å²) in [5, 5.41) is 3.52. The fourth-order valence-corrected chi connectivity index (χ4v) is 3.26. The molecule has 96 valence electrons. The summed E-state index contributed by atoms with van der Waals surface area (Å²) in [6, 6.07) is 0. The molecule has 0 aromatic heterocycles. The molecule has 7 heteroatoms. The van der Waals surface area contributed by atoms with Crippen molar-refractivity contribution >= 4 is 5.78 Å². The van der Waals surface area contributed by atoms with Gasteiger partial charge in [-0.1, -0.05) is 11.7 Å². The Morgan fingerprint density at radius 1 is 1.72 bits per heavy atom. The van der Waals surface area contributed by atoms with Crippen molar-refractivity contribution in [2.45, 2.75) is 24.6 Å². The third-order valence-electron chi connectivity index (χ3n) is 4.10. The van der Waals surface area contributed by atoms with E-state index in [1.807, 2.05) is 0 Å². The lowest BCUT2D eigenvalue weighted by molar-refractivity contribution is -0.355. The zero-order valence-corrected chi connectivity index (χ0v) is 9.91. The quantitative estimate of drug-likeness (QED) is 0.325. The molecule has 0 aromatic carbocycles. The van der Waals surface area contributed by atoms with Gasteiger partial charge in [-0.05, 0) is 11.1 Å². The van der Waals surface area contributed by atoms with E-state index in [0.29, 0.717) is 6.42 Å². The molecule has 1 saturated carbocycles. The van der Waals surface area contributed by atoms with Crippen LogP contribution in [-0.4, -0.2) is 37.6 Å².